The van der Waals surface area contributed by atoms with E-state index < -0.39 is 7.14 Å². The van der Waals surface area contributed by atoms with Crippen LogP contribution in [-0.2, 0) is 4.57 Å². The van der Waals surface area contributed by atoms with Gasteiger partial charge in [0.25, 0.3) is 0 Å². The molecular weight excluding hydrogens is 275 g/mol. The lowest BCUT2D eigenvalue weighted by molar-refractivity contribution is 0.421. The molecule has 21 heavy (non-hydrogen) atoms. The van der Waals surface area contributed by atoms with E-state index in [1.165, 1.54) is 0 Å². The zero-order chi connectivity index (χ0) is 15.3. The fraction of sp³-hybridized carbons (Fsp3) is 0.263. The van der Waals surface area contributed by atoms with E-state index in [1.54, 1.807) is 0 Å². The summed E-state index contributed by atoms with van der Waals surface area (Å²) in [5.41, 5.74) is 0.203. The summed E-state index contributed by atoms with van der Waals surface area (Å²) in [5, 5.41) is 1.78. The summed E-state index contributed by atoms with van der Waals surface area (Å²) in [6.45, 7) is 6.56. The molecule has 1 nitrogen and oxygen atoms in total. The molecule has 0 aliphatic carbocycles. The third kappa shape index (κ3) is 4.19. The number of benzene rings is 2. The zero-order valence-corrected chi connectivity index (χ0v) is 13.9. The Hall–Kier alpha value is -1.59. The largest absolute Gasteiger partial charge is 0.309 e. The number of hydrogen-bond donors (Lipinski definition) is 0. The van der Waals surface area contributed by atoms with Gasteiger partial charge in [0.1, 0.15) is 0 Å². The summed E-state index contributed by atoms with van der Waals surface area (Å²) in [4.78, 5) is 0. The smallest absolute Gasteiger partial charge is 0.163 e. The van der Waals surface area contributed by atoms with Crippen molar-refractivity contribution in [3.63, 3.8) is 0 Å². The molecule has 0 bridgehead atoms. The van der Waals surface area contributed by atoms with Gasteiger partial charge >= 0.3 is 0 Å². The summed E-state index contributed by atoms with van der Waals surface area (Å²) >= 11 is 0. The van der Waals surface area contributed by atoms with Gasteiger partial charge in [0.15, 0.2) is 7.14 Å². The highest BCUT2D eigenvalue weighted by atomic mass is 31.2. The van der Waals surface area contributed by atoms with Crippen molar-refractivity contribution in [2.24, 2.45) is 5.41 Å². The quantitative estimate of drug-likeness (QED) is 0.730. The molecular formula is C19H23OP. The molecule has 2 aromatic carbocycles. The number of allylic oxidation sites excluding steroid dienone is 1. The van der Waals surface area contributed by atoms with Gasteiger partial charge in [0.2, 0.25) is 0 Å². The van der Waals surface area contributed by atoms with Crippen LogP contribution in [0, 0.1) is 5.41 Å². The SMILES string of the molecule is CC(C)(C)CC=CP(=O)(c1ccccc1)c1ccccc1. The topological polar surface area (TPSA) is 17.1 Å². The van der Waals surface area contributed by atoms with Crippen molar-refractivity contribution in [1.82, 2.24) is 0 Å². The molecule has 0 saturated heterocycles. The highest BCUT2D eigenvalue weighted by Crippen LogP contribution is 2.45. The van der Waals surface area contributed by atoms with E-state index in [-0.39, 0.29) is 5.41 Å². The van der Waals surface area contributed by atoms with E-state index in [0.29, 0.717) is 0 Å². The van der Waals surface area contributed by atoms with E-state index >= 15 is 0 Å². The van der Waals surface area contributed by atoms with Crippen molar-refractivity contribution in [3.8, 4) is 0 Å². The maximum absolute atomic E-state index is 13.6. The van der Waals surface area contributed by atoms with Crippen LogP contribution in [-0.4, -0.2) is 0 Å². The van der Waals surface area contributed by atoms with Crippen molar-refractivity contribution < 1.29 is 4.57 Å². The first-order valence-corrected chi connectivity index (χ1v) is 9.08. The molecule has 0 radical (unpaired) electrons. The fourth-order valence-corrected chi connectivity index (χ4v) is 4.45. The first-order valence-electron chi connectivity index (χ1n) is 7.30. The lowest BCUT2D eigenvalue weighted by Gasteiger charge is -2.18. The predicted octanol–water partition coefficient (Wildman–Crippen LogP) is 4.95. The van der Waals surface area contributed by atoms with Gasteiger partial charge in [0.05, 0.1) is 0 Å². The van der Waals surface area contributed by atoms with E-state index in [2.05, 4.69) is 26.8 Å². The van der Waals surface area contributed by atoms with E-state index in [4.69, 9.17) is 0 Å². The van der Waals surface area contributed by atoms with Crippen LogP contribution in [0.3, 0.4) is 0 Å². The molecule has 0 saturated carbocycles. The summed E-state index contributed by atoms with van der Waals surface area (Å²) in [5.74, 6) is 1.92. The van der Waals surface area contributed by atoms with Crippen LogP contribution in [0.2, 0.25) is 0 Å². The first kappa shape index (κ1) is 15.8. The molecule has 2 heteroatoms. The maximum atomic E-state index is 13.6. The molecule has 2 aromatic rings. The molecule has 0 amide bonds. The van der Waals surface area contributed by atoms with Gasteiger partial charge in [-0.2, -0.15) is 0 Å². The average molecular weight is 298 g/mol. The third-order valence-corrected chi connectivity index (χ3v) is 6.09. The second-order valence-corrected chi connectivity index (χ2v) is 9.13. The average Bonchev–Trinajstić information content (AvgIpc) is 2.47. The van der Waals surface area contributed by atoms with Crippen molar-refractivity contribution in [1.29, 1.82) is 0 Å². The monoisotopic (exact) mass is 298 g/mol. The molecule has 110 valence electrons. The Bertz CT molecular complexity index is 593. The van der Waals surface area contributed by atoms with Gasteiger partial charge < -0.3 is 4.57 Å². The minimum Gasteiger partial charge on any atom is -0.309 e. The minimum absolute atomic E-state index is 0.203. The molecule has 0 unspecified atom stereocenters. The van der Waals surface area contributed by atoms with Gasteiger partial charge in [-0.1, -0.05) is 87.5 Å². The van der Waals surface area contributed by atoms with Crippen LogP contribution in [0.4, 0.5) is 0 Å². The van der Waals surface area contributed by atoms with Crippen molar-refractivity contribution >= 4 is 17.8 Å². The van der Waals surface area contributed by atoms with Gasteiger partial charge in [-0.3, -0.25) is 0 Å². The Balaban J connectivity index is 2.43. The molecule has 0 N–H and O–H groups in total. The van der Waals surface area contributed by atoms with Crippen molar-refractivity contribution in [2.75, 3.05) is 0 Å². The molecule has 0 aromatic heterocycles. The maximum Gasteiger partial charge on any atom is 0.163 e. The third-order valence-electron chi connectivity index (χ3n) is 3.33. The molecule has 0 heterocycles. The van der Waals surface area contributed by atoms with Gasteiger partial charge in [-0.25, -0.2) is 0 Å². The molecule has 0 fully saturated rings. The normalized spacial score (nSPS) is 12.7. The Morgan fingerprint density at radius 3 is 1.67 bits per heavy atom. The van der Waals surface area contributed by atoms with Crippen LogP contribution in [0.15, 0.2) is 72.6 Å². The molecule has 0 aliphatic rings. The summed E-state index contributed by atoms with van der Waals surface area (Å²) in [6.07, 6.45) is 2.98. The Morgan fingerprint density at radius 1 is 0.857 bits per heavy atom. The highest BCUT2D eigenvalue weighted by molar-refractivity contribution is 7.81. The lowest BCUT2D eigenvalue weighted by Crippen LogP contribution is -2.14. The van der Waals surface area contributed by atoms with Crippen molar-refractivity contribution in [3.05, 3.63) is 72.6 Å². The van der Waals surface area contributed by atoms with Crippen molar-refractivity contribution in [2.45, 2.75) is 27.2 Å². The van der Waals surface area contributed by atoms with E-state index in [9.17, 15) is 4.57 Å². The minimum atomic E-state index is -2.69. The molecule has 0 spiro atoms. The Kier molecular flexibility index (Phi) is 4.85. The van der Waals surface area contributed by atoms with Crippen LogP contribution in [0.25, 0.3) is 0 Å². The summed E-state index contributed by atoms with van der Waals surface area (Å²) in [7, 11) is -2.69. The van der Waals surface area contributed by atoms with E-state index in [0.717, 1.165) is 17.0 Å². The standard InChI is InChI=1S/C19H23OP/c1-19(2,3)15-10-16-21(20,17-11-6-4-7-12-17)18-13-8-5-9-14-18/h4-14,16H,15H2,1-3H3. The fourth-order valence-electron chi connectivity index (χ4n) is 2.17. The van der Waals surface area contributed by atoms with Gasteiger partial charge in [-0.05, 0) is 17.7 Å². The van der Waals surface area contributed by atoms with Crippen LogP contribution in [0.1, 0.15) is 27.2 Å². The zero-order valence-electron chi connectivity index (χ0n) is 13.0. The molecule has 0 aliphatic heterocycles. The summed E-state index contributed by atoms with van der Waals surface area (Å²) < 4.78 is 13.6. The van der Waals surface area contributed by atoms with Gasteiger partial charge in [0, 0.05) is 10.6 Å². The predicted molar refractivity (Wildman–Crippen MR) is 93.0 cm³/mol. The van der Waals surface area contributed by atoms with Gasteiger partial charge in [-0.15, -0.1) is 0 Å². The summed E-state index contributed by atoms with van der Waals surface area (Å²) in [6, 6.07) is 19.5. The van der Waals surface area contributed by atoms with Crippen LogP contribution < -0.4 is 10.6 Å². The first-order chi connectivity index (χ1) is 9.92. The van der Waals surface area contributed by atoms with Crippen LogP contribution in [0.5, 0.6) is 0 Å². The second kappa shape index (κ2) is 6.45. The van der Waals surface area contributed by atoms with E-state index in [1.807, 2.05) is 66.5 Å². The number of hydrogen-bond acceptors (Lipinski definition) is 1. The second-order valence-electron chi connectivity index (χ2n) is 6.48. The molecule has 2 rings (SSSR count). The number of rotatable bonds is 4. The Labute approximate surface area is 128 Å². The van der Waals surface area contributed by atoms with Crippen LogP contribution >= 0.6 is 7.14 Å². The lowest BCUT2D eigenvalue weighted by atomic mass is 9.93. The highest BCUT2D eigenvalue weighted by Gasteiger charge is 2.23. The molecule has 0 atom stereocenters. The Morgan fingerprint density at radius 2 is 1.29 bits per heavy atom.